The van der Waals surface area contributed by atoms with Crippen LogP contribution in [0.25, 0.3) is 11.5 Å². The fourth-order valence-corrected chi connectivity index (χ4v) is 3.36. The number of oxazole rings is 1. The maximum Gasteiger partial charge on any atom is 0.335 e. The molecule has 0 saturated heterocycles. The van der Waals surface area contributed by atoms with Gasteiger partial charge < -0.3 is 13.9 Å². The summed E-state index contributed by atoms with van der Waals surface area (Å²) in [5.74, 6) is 2.11. The zero-order valence-electron chi connectivity index (χ0n) is 17.9. The van der Waals surface area contributed by atoms with E-state index in [9.17, 15) is 0 Å². The Kier molecular flexibility index (Phi) is 6.26. The number of aromatic nitrogens is 5. The maximum absolute atomic E-state index is 5.95. The van der Waals surface area contributed by atoms with E-state index in [1.54, 1.807) is 4.68 Å². The van der Waals surface area contributed by atoms with E-state index in [0.717, 1.165) is 34.8 Å². The minimum absolute atomic E-state index is 0.0168. The minimum atomic E-state index is -0.0168. The van der Waals surface area contributed by atoms with Gasteiger partial charge >= 0.3 is 6.01 Å². The molecule has 0 saturated carbocycles. The zero-order valence-corrected chi connectivity index (χ0v) is 17.9. The van der Waals surface area contributed by atoms with E-state index in [0.29, 0.717) is 25.1 Å². The molecular weight excluding hydrogens is 394 g/mol. The maximum atomic E-state index is 5.95. The minimum Gasteiger partial charge on any atom is -0.487 e. The van der Waals surface area contributed by atoms with Gasteiger partial charge in [0.25, 0.3) is 0 Å². The highest BCUT2D eigenvalue weighted by Gasteiger charge is 2.19. The average Bonchev–Trinajstić information content (AvgIpc) is 3.41. The van der Waals surface area contributed by atoms with E-state index in [-0.39, 0.29) is 6.04 Å². The van der Waals surface area contributed by atoms with E-state index in [4.69, 9.17) is 13.9 Å². The van der Waals surface area contributed by atoms with Gasteiger partial charge in [0.15, 0.2) is 0 Å². The third kappa shape index (κ3) is 4.58. The summed E-state index contributed by atoms with van der Waals surface area (Å²) in [7, 11) is 0. The van der Waals surface area contributed by atoms with Crippen molar-refractivity contribution in [3.8, 4) is 23.2 Å². The summed E-state index contributed by atoms with van der Waals surface area (Å²) in [6.07, 6.45) is 0.825. The smallest absolute Gasteiger partial charge is 0.335 e. The lowest BCUT2D eigenvalue weighted by Crippen LogP contribution is -2.14. The number of hydrogen-bond donors (Lipinski definition) is 0. The predicted octanol–water partition coefficient (Wildman–Crippen LogP) is 4.61. The molecule has 1 unspecified atom stereocenters. The summed E-state index contributed by atoms with van der Waals surface area (Å²) in [5.41, 5.74) is 2.80. The van der Waals surface area contributed by atoms with E-state index < -0.39 is 0 Å². The van der Waals surface area contributed by atoms with Crippen molar-refractivity contribution in [2.24, 2.45) is 0 Å². The van der Waals surface area contributed by atoms with Crippen molar-refractivity contribution in [2.45, 2.75) is 39.8 Å². The van der Waals surface area contributed by atoms with E-state index >= 15 is 0 Å². The number of tetrazole rings is 1. The Morgan fingerprint density at radius 1 is 1.00 bits per heavy atom. The van der Waals surface area contributed by atoms with Crippen LogP contribution in [0, 0.1) is 6.92 Å². The molecule has 0 fully saturated rings. The Hall–Kier alpha value is -3.68. The van der Waals surface area contributed by atoms with Crippen LogP contribution in [0.4, 0.5) is 0 Å². The number of benzene rings is 2. The van der Waals surface area contributed by atoms with Crippen molar-refractivity contribution in [2.75, 3.05) is 6.61 Å². The van der Waals surface area contributed by atoms with E-state index in [1.165, 1.54) is 0 Å². The van der Waals surface area contributed by atoms with Gasteiger partial charge in [0.05, 0.1) is 12.6 Å². The Balaban J connectivity index is 1.44. The molecule has 0 spiro atoms. The van der Waals surface area contributed by atoms with Gasteiger partial charge in [-0.1, -0.05) is 42.4 Å². The van der Waals surface area contributed by atoms with E-state index in [1.807, 2.05) is 68.4 Å². The predicted molar refractivity (Wildman–Crippen MR) is 115 cm³/mol. The van der Waals surface area contributed by atoms with Crippen LogP contribution in [0.15, 0.2) is 59.0 Å². The lowest BCUT2D eigenvalue weighted by Gasteiger charge is -2.17. The fourth-order valence-electron chi connectivity index (χ4n) is 3.36. The number of nitrogens with zero attached hydrogens (tertiary/aromatic N) is 5. The average molecular weight is 419 g/mol. The van der Waals surface area contributed by atoms with Gasteiger partial charge in [0.1, 0.15) is 23.8 Å². The van der Waals surface area contributed by atoms with Crippen molar-refractivity contribution < 1.29 is 13.9 Å². The summed E-state index contributed by atoms with van der Waals surface area (Å²) in [6, 6.07) is 18.2. The molecule has 0 aliphatic heterocycles. The molecule has 160 valence electrons. The summed E-state index contributed by atoms with van der Waals surface area (Å²) >= 11 is 0. The molecule has 2 aromatic carbocycles. The number of ether oxygens (including phenoxy) is 2. The second-order valence-corrected chi connectivity index (χ2v) is 7.01. The highest BCUT2D eigenvalue weighted by atomic mass is 16.5. The van der Waals surface area contributed by atoms with Crippen molar-refractivity contribution in [3.05, 3.63) is 71.6 Å². The van der Waals surface area contributed by atoms with Gasteiger partial charge in [0, 0.05) is 5.56 Å². The Bertz CT molecular complexity index is 1110. The summed E-state index contributed by atoms with van der Waals surface area (Å²) in [5, 5.41) is 11.8. The lowest BCUT2D eigenvalue weighted by molar-refractivity contribution is 0.279. The number of aryl methyl sites for hydroxylation is 1. The SMILES string of the molecule is CCOc1nnnn1C(CC)c1ccc(OCc2nc(-c3ccccc3)oc2C)cc1. The molecule has 8 nitrogen and oxygen atoms in total. The highest BCUT2D eigenvalue weighted by Crippen LogP contribution is 2.27. The molecule has 0 radical (unpaired) electrons. The molecule has 0 aliphatic carbocycles. The molecule has 2 heterocycles. The van der Waals surface area contributed by atoms with Gasteiger partial charge in [-0.3, -0.25) is 0 Å². The topological polar surface area (TPSA) is 88.1 Å². The first-order chi connectivity index (χ1) is 15.2. The van der Waals surface area contributed by atoms with Crippen LogP contribution in [-0.2, 0) is 6.61 Å². The molecule has 4 aromatic rings. The van der Waals surface area contributed by atoms with Gasteiger partial charge in [0.2, 0.25) is 5.89 Å². The molecule has 0 N–H and O–H groups in total. The third-order valence-electron chi connectivity index (χ3n) is 4.97. The summed E-state index contributed by atoms with van der Waals surface area (Å²) in [6.45, 7) is 6.74. The van der Waals surface area contributed by atoms with Crippen LogP contribution in [0.5, 0.6) is 11.8 Å². The highest BCUT2D eigenvalue weighted by molar-refractivity contribution is 5.53. The molecule has 4 rings (SSSR count). The molecule has 0 bridgehead atoms. The van der Waals surface area contributed by atoms with Gasteiger partial charge in [-0.25, -0.2) is 4.98 Å². The molecule has 8 heteroatoms. The van der Waals surface area contributed by atoms with Crippen LogP contribution < -0.4 is 9.47 Å². The first-order valence-electron chi connectivity index (χ1n) is 10.3. The summed E-state index contributed by atoms with van der Waals surface area (Å²) in [4.78, 5) is 4.58. The second-order valence-electron chi connectivity index (χ2n) is 7.01. The van der Waals surface area contributed by atoms with Gasteiger partial charge in [-0.2, -0.15) is 4.68 Å². The van der Waals surface area contributed by atoms with Gasteiger partial charge in [-0.05, 0) is 60.5 Å². The van der Waals surface area contributed by atoms with Crippen LogP contribution in [0.3, 0.4) is 0 Å². The standard InChI is InChI=1S/C23H25N5O3/c1-4-21(28-23(29-5-2)25-26-27-28)17-11-13-19(14-12-17)30-15-20-16(3)31-22(24-20)18-9-7-6-8-10-18/h6-14,21H,4-5,15H2,1-3H3. The number of hydrogen-bond acceptors (Lipinski definition) is 7. The quantitative estimate of drug-likeness (QED) is 0.391. The first-order valence-corrected chi connectivity index (χ1v) is 10.3. The molecule has 2 aromatic heterocycles. The van der Waals surface area contributed by atoms with Crippen LogP contribution in [-0.4, -0.2) is 31.8 Å². The monoisotopic (exact) mass is 419 g/mol. The molecule has 0 amide bonds. The molecular formula is C23H25N5O3. The van der Waals surface area contributed by atoms with Crippen LogP contribution >= 0.6 is 0 Å². The molecule has 0 aliphatic rings. The van der Waals surface area contributed by atoms with E-state index in [2.05, 4.69) is 27.4 Å². The van der Waals surface area contributed by atoms with Crippen molar-refractivity contribution in [3.63, 3.8) is 0 Å². The normalized spacial score (nSPS) is 12.0. The zero-order chi connectivity index (χ0) is 21.6. The Morgan fingerprint density at radius 3 is 2.48 bits per heavy atom. The van der Waals surface area contributed by atoms with Crippen LogP contribution in [0.2, 0.25) is 0 Å². The molecule has 1 atom stereocenters. The Morgan fingerprint density at radius 2 is 1.77 bits per heavy atom. The van der Waals surface area contributed by atoms with Crippen molar-refractivity contribution in [1.82, 2.24) is 25.2 Å². The summed E-state index contributed by atoms with van der Waals surface area (Å²) < 4.78 is 19.0. The lowest BCUT2D eigenvalue weighted by atomic mass is 10.0. The van der Waals surface area contributed by atoms with Crippen LogP contribution in [0.1, 0.15) is 43.3 Å². The Labute approximate surface area is 180 Å². The fraction of sp³-hybridized carbons (Fsp3) is 0.304. The van der Waals surface area contributed by atoms with Crippen molar-refractivity contribution >= 4 is 0 Å². The van der Waals surface area contributed by atoms with Crippen molar-refractivity contribution in [1.29, 1.82) is 0 Å². The van der Waals surface area contributed by atoms with Gasteiger partial charge in [-0.15, -0.1) is 0 Å². The largest absolute Gasteiger partial charge is 0.487 e. The first kappa shape index (κ1) is 20.6. The second kappa shape index (κ2) is 9.42. The number of rotatable bonds is 9. The third-order valence-corrected chi connectivity index (χ3v) is 4.97. The molecule has 31 heavy (non-hydrogen) atoms.